The standard InChI is InChI=1S/C17H20N2O4S/c1-23-15-4-2-14-11-16(5-3-13(14)10-15)24(21,22)19-8-6-12(7-9-19)17(18)20/h2-5,10-12H,6-9H2,1H3,(H2,18,20). The third-order valence-corrected chi connectivity index (χ3v) is 6.41. The van der Waals surface area contributed by atoms with Gasteiger partial charge in [-0.05, 0) is 47.9 Å². The van der Waals surface area contributed by atoms with Crippen LogP contribution in [0.25, 0.3) is 10.8 Å². The molecule has 6 nitrogen and oxygen atoms in total. The fraction of sp³-hybridized carbons (Fsp3) is 0.353. The summed E-state index contributed by atoms with van der Waals surface area (Å²) >= 11 is 0. The molecule has 128 valence electrons. The maximum atomic E-state index is 12.8. The van der Waals surface area contributed by atoms with Crippen molar-refractivity contribution in [1.29, 1.82) is 0 Å². The van der Waals surface area contributed by atoms with E-state index in [1.54, 1.807) is 31.4 Å². The molecule has 1 heterocycles. The fourth-order valence-corrected chi connectivity index (χ4v) is 4.52. The zero-order valence-electron chi connectivity index (χ0n) is 13.4. The Hall–Kier alpha value is -2.12. The third kappa shape index (κ3) is 3.09. The second kappa shape index (κ2) is 6.41. The molecule has 2 aromatic carbocycles. The number of hydrogen-bond donors (Lipinski definition) is 1. The number of piperidine rings is 1. The summed E-state index contributed by atoms with van der Waals surface area (Å²) in [5, 5.41) is 1.75. The number of nitrogens with zero attached hydrogens (tertiary/aromatic N) is 1. The number of carbonyl (C=O) groups is 1. The van der Waals surface area contributed by atoms with Gasteiger partial charge in [-0.15, -0.1) is 0 Å². The zero-order valence-corrected chi connectivity index (χ0v) is 14.3. The van der Waals surface area contributed by atoms with E-state index in [9.17, 15) is 13.2 Å². The van der Waals surface area contributed by atoms with Gasteiger partial charge in [-0.1, -0.05) is 12.1 Å². The molecule has 0 aliphatic carbocycles. The number of fused-ring (bicyclic) bond motifs is 1. The van der Waals surface area contributed by atoms with Gasteiger partial charge >= 0.3 is 0 Å². The Morgan fingerprint density at radius 1 is 1.12 bits per heavy atom. The summed E-state index contributed by atoms with van der Waals surface area (Å²) in [7, 11) is -1.98. The first kappa shape index (κ1) is 16.7. The Morgan fingerprint density at radius 3 is 2.38 bits per heavy atom. The summed E-state index contributed by atoms with van der Waals surface area (Å²) in [5.41, 5.74) is 5.30. The minimum atomic E-state index is -3.57. The number of hydrogen-bond acceptors (Lipinski definition) is 4. The molecule has 1 fully saturated rings. The van der Waals surface area contributed by atoms with Crippen LogP contribution in [0.1, 0.15) is 12.8 Å². The number of carbonyl (C=O) groups excluding carboxylic acids is 1. The van der Waals surface area contributed by atoms with Crippen molar-refractivity contribution in [3.8, 4) is 5.75 Å². The lowest BCUT2D eigenvalue weighted by atomic mass is 9.98. The van der Waals surface area contributed by atoms with Gasteiger partial charge in [0.25, 0.3) is 0 Å². The number of methoxy groups -OCH3 is 1. The lowest BCUT2D eigenvalue weighted by molar-refractivity contribution is -0.122. The summed E-state index contributed by atoms with van der Waals surface area (Å²) in [5.74, 6) is 0.138. The molecule has 2 N–H and O–H groups in total. The Bertz CT molecular complexity index is 871. The second-order valence-electron chi connectivity index (χ2n) is 5.96. The molecular weight excluding hydrogens is 328 g/mol. The SMILES string of the molecule is COc1ccc2cc(S(=O)(=O)N3CCC(C(N)=O)CC3)ccc2c1. The predicted octanol–water partition coefficient (Wildman–Crippen LogP) is 1.73. The Kier molecular flexibility index (Phi) is 4.47. The number of sulfonamides is 1. The molecule has 0 saturated carbocycles. The van der Waals surface area contributed by atoms with Crippen molar-refractivity contribution in [3.63, 3.8) is 0 Å². The number of nitrogens with two attached hydrogens (primary N) is 1. The van der Waals surface area contributed by atoms with Crippen molar-refractivity contribution >= 4 is 26.7 Å². The van der Waals surface area contributed by atoms with Crippen molar-refractivity contribution in [2.75, 3.05) is 20.2 Å². The first-order valence-corrected chi connectivity index (χ1v) is 9.23. The first-order valence-electron chi connectivity index (χ1n) is 7.79. The molecule has 1 amide bonds. The van der Waals surface area contributed by atoms with E-state index >= 15 is 0 Å². The number of ether oxygens (including phenoxy) is 1. The van der Waals surface area contributed by atoms with Gasteiger partial charge in [-0.25, -0.2) is 8.42 Å². The van der Waals surface area contributed by atoms with E-state index in [1.807, 2.05) is 12.1 Å². The number of benzene rings is 2. The van der Waals surface area contributed by atoms with Gasteiger partial charge in [-0.3, -0.25) is 4.79 Å². The fourth-order valence-electron chi connectivity index (χ4n) is 3.02. The molecule has 2 aromatic rings. The van der Waals surface area contributed by atoms with Crippen LogP contribution in [0.2, 0.25) is 0 Å². The van der Waals surface area contributed by atoms with Crippen molar-refractivity contribution in [2.24, 2.45) is 11.7 Å². The molecule has 0 atom stereocenters. The average molecular weight is 348 g/mol. The van der Waals surface area contributed by atoms with Crippen molar-refractivity contribution in [1.82, 2.24) is 4.31 Å². The minimum absolute atomic E-state index is 0.236. The summed E-state index contributed by atoms with van der Waals surface area (Å²) in [6.07, 6.45) is 0.943. The van der Waals surface area contributed by atoms with Crippen molar-refractivity contribution in [3.05, 3.63) is 36.4 Å². The normalized spacial score (nSPS) is 17.0. The zero-order chi connectivity index (χ0) is 17.3. The van der Waals surface area contributed by atoms with Crippen LogP contribution in [-0.2, 0) is 14.8 Å². The minimum Gasteiger partial charge on any atom is -0.497 e. The molecule has 1 aliphatic heterocycles. The predicted molar refractivity (Wildman–Crippen MR) is 91.2 cm³/mol. The molecule has 3 rings (SSSR count). The molecule has 24 heavy (non-hydrogen) atoms. The number of rotatable bonds is 4. The summed E-state index contributed by atoms with van der Waals surface area (Å²) in [6.45, 7) is 0.632. The van der Waals surface area contributed by atoms with E-state index in [-0.39, 0.29) is 16.7 Å². The molecule has 0 bridgehead atoms. The van der Waals surface area contributed by atoms with Crippen LogP contribution in [-0.4, -0.2) is 38.8 Å². The Morgan fingerprint density at radius 2 is 1.75 bits per heavy atom. The van der Waals surface area contributed by atoms with Crippen molar-refractivity contribution in [2.45, 2.75) is 17.7 Å². The molecule has 0 spiro atoms. The van der Waals surface area contributed by atoms with Gasteiger partial charge in [0.15, 0.2) is 0 Å². The van der Waals surface area contributed by atoms with E-state index in [4.69, 9.17) is 10.5 Å². The highest BCUT2D eigenvalue weighted by Gasteiger charge is 2.31. The van der Waals surface area contributed by atoms with Crippen LogP contribution in [0.3, 0.4) is 0 Å². The Labute approximate surface area is 141 Å². The van der Waals surface area contributed by atoms with E-state index in [0.29, 0.717) is 25.9 Å². The van der Waals surface area contributed by atoms with E-state index in [1.165, 1.54) is 4.31 Å². The molecule has 0 radical (unpaired) electrons. The monoisotopic (exact) mass is 348 g/mol. The number of amides is 1. The van der Waals surface area contributed by atoms with Gasteiger partial charge < -0.3 is 10.5 Å². The van der Waals surface area contributed by atoms with Crippen LogP contribution in [0.5, 0.6) is 5.75 Å². The third-order valence-electron chi connectivity index (χ3n) is 4.51. The maximum Gasteiger partial charge on any atom is 0.243 e. The highest BCUT2D eigenvalue weighted by atomic mass is 32.2. The highest BCUT2D eigenvalue weighted by molar-refractivity contribution is 7.89. The maximum absolute atomic E-state index is 12.8. The quantitative estimate of drug-likeness (QED) is 0.911. The van der Waals surface area contributed by atoms with E-state index in [0.717, 1.165) is 16.5 Å². The first-order chi connectivity index (χ1) is 11.4. The molecule has 0 unspecified atom stereocenters. The smallest absolute Gasteiger partial charge is 0.243 e. The second-order valence-corrected chi connectivity index (χ2v) is 7.89. The summed E-state index contributed by atoms with van der Waals surface area (Å²) < 4.78 is 32.2. The van der Waals surface area contributed by atoms with E-state index < -0.39 is 10.0 Å². The van der Waals surface area contributed by atoms with Crippen molar-refractivity contribution < 1.29 is 17.9 Å². The van der Waals surface area contributed by atoms with Gasteiger partial charge in [0.1, 0.15) is 5.75 Å². The molecule has 1 aliphatic rings. The van der Waals surface area contributed by atoms with E-state index in [2.05, 4.69) is 0 Å². The lowest BCUT2D eigenvalue weighted by Gasteiger charge is -2.29. The summed E-state index contributed by atoms with van der Waals surface area (Å²) in [4.78, 5) is 11.5. The van der Waals surface area contributed by atoms with Crippen LogP contribution >= 0.6 is 0 Å². The average Bonchev–Trinajstić information content (AvgIpc) is 2.60. The molecule has 1 saturated heterocycles. The van der Waals surface area contributed by atoms with Crippen LogP contribution in [0.15, 0.2) is 41.3 Å². The molecule has 7 heteroatoms. The van der Waals surface area contributed by atoms with Gasteiger partial charge in [0, 0.05) is 19.0 Å². The van der Waals surface area contributed by atoms with Gasteiger partial charge in [-0.2, -0.15) is 4.31 Å². The van der Waals surface area contributed by atoms with Crippen LogP contribution in [0.4, 0.5) is 0 Å². The molecule has 0 aromatic heterocycles. The van der Waals surface area contributed by atoms with Crippen LogP contribution < -0.4 is 10.5 Å². The highest BCUT2D eigenvalue weighted by Crippen LogP contribution is 2.27. The largest absolute Gasteiger partial charge is 0.497 e. The lowest BCUT2D eigenvalue weighted by Crippen LogP contribution is -2.41. The van der Waals surface area contributed by atoms with Gasteiger partial charge in [0.2, 0.25) is 15.9 Å². The Balaban J connectivity index is 1.87. The molecular formula is C17H20N2O4S. The topological polar surface area (TPSA) is 89.7 Å². The van der Waals surface area contributed by atoms with Crippen LogP contribution in [0, 0.1) is 5.92 Å². The number of primary amides is 1. The summed E-state index contributed by atoms with van der Waals surface area (Å²) in [6, 6.07) is 10.6. The van der Waals surface area contributed by atoms with Gasteiger partial charge in [0.05, 0.1) is 12.0 Å².